The van der Waals surface area contributed by atoms with E-state index in [0.717, 1.165) is 28.3 Å². The largest absolute Gasteiger partial charge is 0.496 e. The number of ether oxygens (including phenoxy) is 3. The average Bonchev–Trinajstić information content (AvgIpc) is 3.41. The second-order valence-corrected chi connectivity index (χ2v) is 12.0. The molecule has 0 radical (unpaired) electrons. The van der Waals surface area contributed by atoms with E-state index in [9.17, 15) is 9.59 Å². The van der Waals surface area contributed by atoms with Crippen molar-refractivity contribution in [3.8, 4) is 17.6 Å². The lowest BCUT2D eigenvalue weighted by Gasteiger charge is -2.28. The molecular weight excluding hydrogens is 611 g/mol. The first kappa shape index (κ1) is 31.5. The predicted octanol–water partition coefficient (Wildman–Crippen LogP) is 6.19. The van der Waals surface area contributed by atoms with Crippen molar-refractivity contribution in [3.05, 3.63) is 138 Å². The number of nitriles is 1. The Morgan fingerprint density at radius 3 is 2.49 bits per heavy atom. The number of thiazole rings is 1. The van der Waals surface area contributed by atoms with Crippen LogP contribution in [0.25, 0.3) is 16.8 Å². The molecule has 236 valence electrons. The zero-order valence-electron chi connectivity index (χ0n) is 26.4. The van der Waals surface area contributed by atoms with Crippen LogP contribution < -0.4 is 24.4 Å². The van der Waals surface area contributed by atoms with Gasteiger partial charge in [0.1, 0.15) is 24.1 Å². The number of allylic oxidation sites excluding steroid dienone is 1. The molecule has 0 saturated carbocycles. The van der Waals surface area contributed by atoms with Crippen molar-refractivity contribution in [2.24, 2.45) is 4.99 Å². The lowest BCUT2D eigenvalue weighted by Crippen LogP contribution is -2.40. The van der Waals surface area contributed by atoms with Gasteiger partial charge in [-0.3, -0.25) is 9.36 Å². The van der Waals surface area contributed by atoms with Gasteiger partial charge in [-0.05, 0) is 71.7 Å². The van der Waals surface area contributed by atoms with Crippen LogP contribution in [0.4, 0.5) is 0 Å². The summed E-state index contributed by atoms with van der Waals surface area (Å²) in [6, 6.07) is 27.8. The summed E-state index contributed by atoms with van der Waals surface area (Å²) < 4.78 is 19.5. The van der Waals surface area contributed by atoms with Gasteiger partial charge in [-0.15, -0.1) is 0 Å². The summed E-state index contributed by atoms with van der Waals surface area (Å²) >= 11 is 1.29. The van der Waals surface area contributed by atoms with E-state index in [1.165, 1.54) is 11.3 Å². The third kappa shape index (κ3) is 6.33. The fourth-order valence-electron chi connectivity index (χ4n) is 5.78. The van der Waals surface area contributed by atoms with E-state index in [4.69, 9.17) is 24.5 Å². The number of hydrogen-bond donors (Lipinski definition) is 0. The Labute approximate surface area is 276 Å². The molecule has 0 N–H and O–H groups in total. The molecule has 1 aliphatic heterocycles. The first-order chi connectivity index (χ1) is 22.9. The van der Waals surface area contributed by atoms with Crippen LogP contribution in [0.3, 0.4) is 0 Å². The van der Waals surface area contributed by atoms with Gasteiger partial charge in [-0.1, -0.05) is 79.3 Å². The van der Waals surface area contributed by atoms with Crippen molar-refractivity contribution in [1.29, 1.82) is 5.26 Å². The molecule has 1 atom stereocenters. The molecule has 0 saturated heterocycles. The number of aromatic nitrogens is 1. The van der Waals surface area contributed by atoms with Crippen LogP contribution >= 0.6 is 11.3 Å². The molecule has 2 heterocycles. The molecule has 4 aromatic carbocycles. The second kappa shape index (κ2) is 13.9. The number of benzene rings is 4. The molecule has 0 spiro atoms. The van der Waals surface area contributed by atoms with Crippen molar-refractivity contribution in [1.82, 2.24) is 4.57 Å². The maximum Gasteiger partial charge on any atom is 0.338 e. The Kier molecular flexibility index (Phi) is 9.32. The summed E-state index contributed by atoms with van der Waals surface area (Å²) in [5.74, 6) is 0.754. The van der Waals surface area contributed by atoms with Crippen molar-refractivity contribution < 1.29 is 19.0 Å². The van der Waals surface area contributed by atoms with Crippen LogP contribution in [0, 0.1) is 11.3 Å². The number of fused-ring (bicyclic) bond motifs is 2. The van der Waals surface area contributed by atoms with E-state index in [2.05, 4.69) is 6.07 Å². The Hall–Kier alpha value is -5.46. The minimum Gasteiger partial charge on any atom is -0.496 e. The second-order valence-electron chi connectivity index (χ2n) is 11.0. The standard InChI is InChI=1S/C38H33N3O5S/c1-4-8-30-34(37(43)45-5-2)35(33-29-10-7-6-9-27(29)17-20-31(33)44-3)41-36(42)32(47-38(41)40-30)21-24-15-18-28(19-16-24)46-23-26-13-11-25(22-39)12-14-26/h6-7,9-21,35H,4-5,8,23H2,1-3H3/b32-21-/t35-/m1/s1. The summed E-state index contributed by atoms with van der Waals surface area (Å²) in [5.41, 5.74) is 3.80. The van der Waals surface area contributed by atoms with Crippen LogP contribution in [0.15, 0.2) is 106 Å². The SMILES string of the molecule is CCCC1=C(C(=O)OCC)[C@@H](c2c(OC)ccc3ccccc23)n2c(s/c(=C\c3ccc(OCc4ccc(C#N)cc4)cc3)c2=O)=N1. The summed E-state index contributed by atoms with van der Waals surface area (Å²) in [7, 11) is 1.59. The number of hydrogen-bond acceptors (Lipinski definition) is 8. The van der Waals surface area contributed by atoms with E-state index in [-0.39, 0.29) is 12.2 Å². The molecule has 0 bridgehead atoms. The minimum atomic E-state index is -0.798. The molecule has 6 rings (SSSR count). The topological polar surface area (TPSA) is 103 Å². The van der Waals surface area contributed by atoms with Gasteiger partial charge in [0, 0.05) is 5.56 Å². The summed E-state index contributed by atoms with van der Waals surface area (Å²) in [6.07, 6.45) is 3.14. The van der Waals surface area contributed by atoms with Gasteiger partial charge < -0.3 is 14.2 Å². The van der Waals surface area contributed by atoms with Crippen LogP contribution in [-0.2, 0) is 16.1 Å². The molecule has 0 unspecified atom stereocenters. The quantitative estimate of drug-likeness (QED) is 0.168. The number of methoxy groups -OCH3 is 1. The van der Waals surface area contributed by atoms with E-state index in [1.54, 1.807) is 30.7 Å². The Balaban J connectivity index is 1.44. The lowest BCUT2D eigenvalue weighted by atomic mass is 9.90. The van der Waals surface area contributed by atoms with Gasteiger partial charge in [-0.2, -0.15) is 5.26 Å². The first-order valence-electron chi connectivity index (χ1n) is 15.4. The summed E-state index contributed by atoms with van der Waals surface area (Å²) in [5, 5.41) is 10.8. The summed E-state index contributed by atoms with van der Waals surface area (Å²) in [6.45, 7) is 4.36. The molecule has 0 amide bonds. The monoisotopic (exact) mass is 643 g/mol. The molecule has 8 nitrogen and oxygen atoms in total. The molecule has 47 heavy (non-hydrogen) atoms. The maximum atomic E-state index is 14.3. The van der Waals surface area contributed by atoms with Crippen LogP contribution in [0.5, 0.6) is 11.5 Å². The van der Waals surface area contributed by atoms with E-state index in [1.807, 2.05) is 85.8 Å². The molecule has 0 aliphatic carbocycles. The van der Waals surface area contributed by atoms with E-state index in [0.29, 0.717) is 56.3 Å². The van der Waals surface area contributed by atoms with Crippen molar-refractivity contribution in [3.63, 3.8) is 0 Å². The highest BCUT2D eigenvalue weighted by molar-refractivity contribution is 7.07. The molecule has 5 aromatic rings. The number of nitrogens with zero attached hydrogens (tertiary/aromatic N) is 3. The van der Waals surface area contributed by atoms with Crippen molar-refractivity contribution >= 4 is 34.2 Å². The minimum absolute atomic E-state index is 0.193. The fourth-order valence-corrected chi connectivity index (χ4v) is 6.80. The van der Waals surface area contributed by atoms with Gasteiger partial charge in [0.05, 0.1) is 41.2 Å². The Morgan fingerprint density at radius 2 is 1.79 bits per heavy atom. The van der Waals surface area contributed by atoms with Gasteiger partial charge in [0.15, 0.2) is 4.80 Å². The third-order valence-corrected chi connectivity index (χ3v) is 8.97. The summed E-state index contributed by atoms with van der Waals surface area (Å²) in [4.78, 5) is 33.4. The van der Waals surface area contributed by atoms with Crippen LogP contribution in [0.1, 0.15) is 55.0 Å². The molecule has 1 aromatic heterocycles. The molecule has 1 aliphatic rings. The van der Waals surface area contributed by atoms with Crippen molar-refractivity contribution in [2.45, 2.75) is 39.3 Å². The molecule has 9 heteroatoms. The lowest BCUT2D eigenvalue weighted by molar-refractivity contribution is -0.139. The zero-order valence-corrected chi connectivity index (χ0v) is 27.2. The average molecular weight is 644 g/mol. The van der Waals surface area contributed by atoms with Gasteiger partial charge in [-0.25, -0.2) is 9.79 Å². The van der Waals surface area contributed by atoms with Crippen LogP contribution in [-0.4, -0.2) is 24.3 Å². The third-order valence-electron chi connectivity index (χ3n) is 7.98. The molecule has 0 fully saturated rings. The van der Waals surface area contributed by atoms with Gasteiger partial charge in [0.25, 0.3) is 5.56 Å². The number of rotatable bonds is 10. The van der Waals surface area contributed by atoms with Crippen molar-refractivity contribution in [2.75, 3.05) is 13.7 Å². The smallest absolute Gasteiger partial charge is 0.338 e. The highest BCUT2D eigenvalue weighted by Crippen LogP contribution is 2.41. The zero-order chi connectivity index (χ0) is 32.9. The van der Waals surface area contributed by atoms with Crippen LogP contribution in [0.2, 0.25) is 0 Å². The number of carbonyl (C=O) groups excluding carboxylic acids is 1. The number of esters is 1. The molecular formula is C38H33N3O5S. The predicted molar refractivity (Wildman–Crippen MR) is 182 cm³/mol. The Bertz CT molecular complexity index is 2210. The highest BCUT2D eigenvalue weighted by Gasteiger charge is 2.37. The fraction of sp³-hybridized carbons (Fsp3) is 0.211. The van der Waals surface area contributed by atoms with E-state index < -0.39 is 12.0 Å². The normalized spacial score (nSPS) is 14.3. The Morgan fingerprint density at radius 1 is 1.02 bits per heavy atom. The van der Waals surface area contributed by atoms with E-state index >= 15 is 0 Å². The maximum absolute atomic E-state index is 14.3. The number of carbonyl (C=O) groups is 1. The van der Waals surface area contributed by atoms with Gasteiger partial charge >= 0.3 is 5.97 Å². The van der Waals surface area contributed by atoms with Gasteiger partial charge in [0.2, 0.25) is 0 Å². The highest BCUT2D eigenvalue weighted by atomic mass is 32.1. The first-order valence-corrected chi connectivity index (χ1v) is 16.3.